The van der Waals surface area contributed by atoms with Gasteiger partial charge in [-0.15, -0.1) is 0 Å². The molecule has 132 valence electrons. The molecule has 24 heavy (non-hydrogen) atoms. The van der Waals surface area contributed by atoms with E-state index >= 15 is 0 Å². The van der Waals surface area contributed by atoms with Gasteiger partial charge in [0, 0.05) is 37.3 Å². The summed E-state index contributed by atoms with van der Waals surface area (Å²) in [5.74, 6) is 0.984. The molecular weight excluding hydrogens is 350 g/mol. The lowest BCUT2D eigenvalue weighted by Gasteiger charge is -2.58. The molecule has 3 fully saturated rings. The van der Waals surface area contributed by atoms with Gasteiger partial charge in [0.05, 0.1) is 12.1 Å². The normalized spacial score (nSPS) is 27.0. The fourth-order valence-electron chi connectivity index (χ4n) is 4.24. The van der Waals surface area contributed by atoms with Gasteiger partial charge in [0.15, 0.2) is 0 Å². The fourth-order valence-corrected chi connectivity index (χ4v) is 6.61. The first kappa shape index (κ1) is 16.6. The standard InChI is InChI=1S/C17H22ClNO4S/c1-22-13-4-5-14(18)15(10-13)24(20,21)19-11-17(6-8-23-9-7-17)16(19)12-2-3-12/h4-5,10,12,16H,2-3,6-9,11H2,1H3. The number of hydrogen-bond acceptors (Lipinski definition) is 4. The van der Waals surface area contributed by atoms with Crippen molar-refractivity contribution in [1.82, 2.24) is 4.31 Å². The van der Waals surface area contributed by atoms with Gasteiger partial charge in [-0.25, -0.2) is 8.42 Å². The number of ether oxygens (including phenoxy) is 2. The monoisotopic (exact) mass is 371 g/mol. The molecule has 0 amide bonds. The Balaban J connectivity index is 1.67. The summed E-state index contributed by atoms with van der Waals surface area (Å²) in [7, 11) is -2.09. The van der Waals surface area contributed by atoms with Crippen molar-refractivity contribution >= 4 is 21.6 Å². The molecule has 0 radical (unpaired) electrons. The molecule has 1 aromatic rings. The highest BCUT2D eigenvalue weighted by Crippen LogP contribution is 2.56. The van der Waals surface area contributed by atoms with Gasteiger partial charge < -0.3 is 9.47 Å². The third kappa shape index (κ3) is 2.55. The van der Waals surface area contributed by atoms with Crippen LogP contribution in [0.25, 0.3) is 0 Å². The SMILES string of the molecule is COc1ccc(Cl)c(S(=O)(=O)N2CC3(CCOCC3)C2C2CC2)c1. The van der Waals surface area contributed by atoms with E-state index in [2.05, 4.69) is 0 Å². The van der Waals surface area contributed by atoms with Crippen molar-refractivity contribution in [2.45, 2.75) is 36.6 Å². The van der Waals surface area contributed by atoms with Crippen molar-refractivity contribution in [3.05, 3.63) is 23.2 Å². The Kier molecular flexibility index (Phi) is 4.07. The van der Waals surface area contributed by atoms with Crippen LogP contribution in [0.4, 0.5) is 0 Å². The number of halogens is 1. The van der Waals surface area contributed by atoms with E-state index in [9.17, 15) is 8.42 Å². The first-order valence-electron chi connectivity index (χ1n) is 8.41. The van der Waals surface area contributed by atoms with Gasteiger partial charge in [0.2, 0.25) is 10.0 Å². The Morgan fingerprint density at radius 3 is 2.62 bits per heavy atom. The average molecular weight is 372 g/mol. The molecule has 0 bridgehead atoms. The highest BCUT2D eigenvalue weighted by Gasteiger charge is 2.61. The van der Waals surface area contributed by atoms with Crippen molar-refractivity contribution < 1.29 is 17.9 Å². The van der Waals surface area contributed by atoms with E-state index in [1.807, 2.05) is 0 Å². The molecule has 1 aromatic carbocycles. The lowest BCUT2D eigenvalue weighted by atomic mass is 9.66. The highest BCUT2D eigenvalue weighted by atomic mass is 35.5. The van der Waals surface area contributed by atoms with E-state index in [1.54, 1.807) is 16.4 Å². The molecule has 4 rings (SSSR count). The third-order valence-corrected chi connectivity index (χ3v) is 8.00. The van der Waals surface area contributed by atoms with Crippen LogP contribution < -0.4 is 4.74 Å². The minimum absolute atomic E-state index is 0.0914. The Morgan fingerprint density at radius 1 is 1.29 bits per heavy atom. The molecule has 7 heteroatoms. The smallest absolute Gasteiger partial charge is 0.244 e. The maximum atomic E-state index is 13.2. The Hall–Kier alpha value is -0.820. The van der Waals surface area contributed by atoms with Crippen molar-refractivity contribution in [3.63, 3.8) is 0 Å². The van der Waals surface area contributed by atoms with Gasteiger partial charge in [-0.3, -0.25) is 0 Å². The highest BCUT2D eigenvalue weighted by molar-refractivity contribution is 7.89. The second-order valence-electron chi connectivity index (χ2n) is 7.10. The fraction of sp³-hybridized carbons (Fsp3) is 0.647. The number of benzene rings is 1. The maximum Gasteiger partial charge on any atom is 0.244 e. The average Bonchev–Trinajstić information content (AvgIpc) is 3.38. The van der Waals surface area contributed by atoms with Crippen LogP contribution in [0.1, 0.15) is 25.7 Å². The van der Waals surface area contributed by atoms with Crippen molar-refractivity contribution in [1.29, 1.82) is 0 Å². The van der Waals surface area contributed by atoms with Gasteiger partial charge in [0.25, 0.3) is 0 Å². The number of methoxy groups -OCH3 is 1. The molecule has 0 N–H and O–H groups in total. The Labute approximate surface area is 147 Å². The number of rotatable bonds is 4. The number of hydrogen-bond donors (Lipinski definition) is 0. The lowest BCUT2D eigenvalue weighted by Crippen LogP contribution is -2.68. The summed E-state index contributed by atoms with van der Waals surface area (Å²) in [6, 6.07) is 4.88. The van der Waals surface area contributed by atoms with Gasteiger partial charge in [-0.2, -0.15) is 4.31 Å². The second kappa shape index (κ2) is 5.87. The Bertz CT molecular complexity index is 741. The van der Waals surface area contributed by atoms with Gasteiger partial charge in [0.1, 0.15) is 10.6 Å². The summed E-state index contributed by atoms with van der Waals surface area (Å²) < 4.78 is 38.8. The topological polar surface area (TPSA) is 55.8 Å². The van der Waals surface area contributed by atoms with E-state index < -0.39 is 10.0 Å². The van der Waals surface area contributed by atoms with Gasteiger partial charge in [-0.1, -0.05) is 11.6 Å². The van der Waals surface area contributed by atoms with E-state index in [-0.39, 0.29) is 21.4 Å². The van der Waals surface area contributed by atoms with Crippen LogP contribution in [-0.4, -0.2) is 45.6 Å². The zero-order valence-corrected chi connectivity index (χ0v) is 15.3. The molecule has 2 aliphatic heterocycles. The third-order valence-electron chi connectivity index (χ3n) is 5.69. The summed E-state index contributed by atoms with van der Waals surface area (Å²) in [5, 5.41) is 0.248. The van der Waals surface area contributed by atoms with Crippen molar-refractivity contribution in [3.8, 4) is 5.75 Å². The van der Waals surface area contributed by atoms with Gasteiger partial charge in [-0.05, 0) is 43.7 Å². The van der Waals surface area contributed by atoms with Crippen LogP contribution in [0, 0.1) is 11.3 Å². The molecule has 2 saturated heterocycles. The zero-order chi connectivity index (χ0) is 16.9. The van der Waals surface area contributed by atoms with Crippen molar-refractivity contribution in [2.75, 3.05) is 26.9 Å². The second-order valence-corrected chi connectivity index (χ2v) is 9.37. The molecule has 1 atom stereocenters. The molecule has 1 saturated carbocycles. The molecule has 2 heterocycles. The van der Waals surface area contributed by atoms with Crippen LogP contribution in [0.5, 0.6) is 5.75 Å². The maximum absolute atomic E-state index is 13.2. The van der Waals surface area contributed by atoms with E-state index in [4.69, 9.17) is 21.1 Å². The summed E-state index contributed by atoms with van der Waals surface area (Å²) in [6.45, 7) is 2.04. The molecular formula is C17H22ClNO4S. The zero-order valence-electron chi connectivity index (χ0n) is 13.7. The largest absolute Gasteiger partial charge is 0.497 e. The minimum Gasteiger partial charge on any atom is -0.497 e. The molecule has 1 aliphatic carbocycles. The summed E-state index contributed by atoms with van der Waals surface area (Å²) in [6.07, 6.45) is 4.13. The van der Waals surface area contributed by atoms with Crippen LogP contribution in [-0.2, 0) is 14.8 Å². The molecule has 1 unspecified atom stereocenters. The van der Waals surface area contributed by atoms with E-state index in [0.717, 1.165) is 38.9 Å². The quantitative estimate of drug-likeness (QED) is 0.816. The minimum atomic E-state index is -3.61. The first-order chi connectivity index (χ1) is 11.5. The van der Waals surface area contributed by atoms with Crippen LogP contribution in [0.3, 0.4) is 0 Å². The molecule has 3 aliphatic rings. The van der Waals surface area contributed by atoms with Gasteiger partial charge >= 0.3 is 0 Å². The number of nitrogens with zero attached hydrogens (tertiary/aromatic N) is 1. The van der Waals surface area contributed by atoms with Crippen molar-refractivity contribution in [2.24, 2.45) is 11.3 Å². The summed E-state index contributed by atoms with van der Waals surface area (Å²) in [4.78, 5) is 0.149. The number of sulfonamides is 1. The summed E-state index contributed by atoms with van der Waals surface area (Å²) in [5.41, 5.74) is 0.0951. The first-order valence-corrected chi connectivity index (χ1v) is 10.2. The molecule has 0 aromatic heterocycles. The predicted octanol–water partition coefficient (Wildman–Crippen LogP) is 2.93. The lowest BCUT2D eigenvalue weighted by molar-refractivity contribution is -0.101. The van der Waals surface area contributed by atoms with Crippen LogP contribution >= 0.6 is 11.6 Å². The summed E-state index contributed by atoms with van der Waals surface area (Å²) >= 11 is 6.20. The Morgan fingerprint density at radius 2 is 2.00 bits per heavy atom. The van der Waals surface area contributed by atoms with E-state index in [1.165, 1.54) is 13.2 Å². The molecule has 5 nitrogen and oxygen atoms in total. The van der Waals surface area contributed by atoms with Crippen LogP contribution in [0.15, 0.2) is 23.1 Å². The van der Waals surface area contributed by atoms with E-state index in [0.29, 0.717) is 18.2 Å². The van der Waals surface area contributed by atoms with Crippen LogP contribution in [0.2, 0.25) is 5.02 Å². The molecule has 1 spiro atoms. The predicted molar refractivity (Wildman–Crippen MR) is 90.9 cm³/mol.